The molecule has 0 radical (unpaired) electrons. The molecular weight excluding hydrogens is 134 g/mol. The van der Waals surface area contributed by atoms with E-state index in [9.17, 15) is 4.79 Å². The molecule has 0 fully saturated rings. The quantitative estimate of drug-likeness (QED) is 0.569. The molecule has 0 aliphatic carbocycles. The third kappa shape index (κ3) is 1.08. The van der Waals surface area contributed by atoms with Crippen LogP contribution in [0.1, 0.15) is 18.9 Å². The van der Waals surface area contributed by atoms with E-state index in [-0.39, 0.29) is 11.9 Å². The van der Waals surface area contributed by atoms with Gasteiger partial charge in [-0.3, -0.25) is 0 Å². The van der Waals surface area contributed by atoms with Crippen molar-refractivity contribution in [3.05, 3.63) is 16.4 Å². The van der Waals surface area contributed by atoms with Gasteiger partial charge in [0.2, 0.25) is 5.89 Å². The number of aromatic nitrogens is 2. The Hall–Kier alpha value is -1.10. The SMILES string of the molecule is C[C@H](N)c1nn(C)c(=O)o1. The Morgan fingerprint density at radius 3 is 2.60 bits per heavy atom. The van der Waals surface area contributed by atoms with Gasteiger partial charge in [0.15, 0.2) is 0 Å². The fraction of sp³-hybridized carbons (Fsp3) is 0.600. The van der Waals surface area contributed by atoms with Crippen LogP contribution < -0.4 is 11.5 Å². The van der Waals surface area contributed by atoms with Crippen LogP contribution in [0.25, 0.3) is 0 Å². The molecule has 0 bridgehead atoms. The normalized spacial score (nSPS) is 13.5. The molecule has 5 heteroatoms. The summed E-state index contributed by atoms with van der Waals surface area (Å²) < 4.78 is 5.76. The van der Waals surface area contributed by atoms with Crippen molar-refractivity contribution >= 4 is 0 Å². The van der Waals surface area contributed by atoms with Gasteiger partial charge in [0, 0.05) is 7.05 Å². The van der Waals surface area contributed by atoms with E-state index in [1.165, 1.54) is 7.05 Å². The molecule has 1 aromatic rings. The van der Waals surface area contributed by atoms with Gasteiger partial charge in [-0.25, -0.2) is 4.79 Å². The maximum absolute atomic E-state index is 10.6. The summed E-state index contributed by atoms with van der Waals surface area (Å²) in [7, 11) is 1.51. The number of hydrogen-bond donors (Lipinski definition) is 1. The Morgan fingerprint density at radius 1 is 1.80 bits per heavy atom. The molecule has 10 heavy (non-hydrogen) atoms. The van der Waals surface area contributed by atoms with Crippen molar-refractivity contribution in [2.75, 3.05) is 0 Å². The van der Waals surface area contributed by atoms with Crippen molar-refractivity contribution in [1.29, 1.82) is 0 Å². The number of hydrogen-bond acceptors (Lipinski definition) is 4. The van der Waals surface area contributed by atoms with E-state index in [0.717, 1.165) is 4.68 Å². The molecule has 1 aromatic heterocycles. The van der Waals surface area contributed by atoms with Gasteiger partial charge in [-0.05, 0) is 6.92 Å². The third-order valence-electron chi connectivity index (χ3n) is 1.09. The Balaban J connectivity index is 3.10. The molecule has 0 saturated heterocycles. The van der Waals surface area contributed by atoms with Crippen LogP contribution in [0, 0.1) is 0 Å². The van der Waals surface area contributed by atoms with Gasteiger partial charge in [0.05, 0.1) is 6.04 Å². The van der Waals surface area contributed by atoms with Crippen LogP contribution in [0.15, 0.2) is 9.21 Å². The second-order valence-corrected chi connectivity index (χ2v) is 2.12. The molecular formula is C5H9N3O2. The minimum Gasteiger partial charge on any atom is -0.391 e. The highest BCUT2D eigenvalue weighted by Crippen LogP contribution is 2.00. The lowest BCUT2D eigenvalue weighted by atomic mass is 10.4. The Kier molecular flexibility index (Phi) is 1.58. The largest absolute Gasteiger partial charge is 0.436 e. The summed E-state index contributed by atoms with van der Waals surface area (Å²) in [5.41, 5.74) is 5.39. The van der Waals surface area contributed by atoms with Gasteiger partial charge in [-0.15, -0.1) is 5.10 Å². The zero-order valence-electron chi connectivity index (χ0n) is 5.87. The number of nitrogens with two attached hydrogens (primary N) is 1. The van der Waals surface area contributed by atoms with E-state index in [1.807, 2.05) is 0 Å². The maximum Gasteiger partial charge on any atom is 0.436 e. The zero-order chi connectivity index (χ0) is 7.72. The van der Waals surface area contributed by atoms with E-state index in [1.54, 1.807) is 6.92 Å². The van der Waals surface area contributed by atoms with Crippen molar-refractivity contribution in [3.8, 4) is 0 Å². The van der Waals surface area contributed by atoms with Crippen molar-refractivity contribution in [3.63, 3.8) is 0 Å². The molecule has 0 aliphatic heterocycles. The summed E-state index contributed by atoms with van der Waals surface area (Å²) >= 11 is 0. The summed E-state index contributed by atoms with van der Waals surface area (Å²) in [6.45, 7) is 1.70. The van der Waals surface area contributed by atoms with Gasteiger partial charge < -0.3 is 10.2 Å². The predicted molar refractivity (Wildman–Crippen MR) is 34.3 cm³/mol. The third-order valence-corrected chi connectivity index (χ3v) is 1.09. The molecule has 1 atom stereocenters. The molecule has 5 nitrogen and oxygen atoms in total. The topological polar surface area (TPSA) is 74.0 Å². The van der Waals surface area contributed by atoms with Crippen LogP contribution in [0.4, 0.5) is 0 Å². The fourth-order valence-corrected chi connectivity index (χ4v) is 0.549. The number of aryl methyl sites for hydroxylation is 1. The molecule has 1 rings (SSSR count). The van der Waals surface area contributed by atoms with E-state index in [0.29, 0.717) is 0 Å². The van der Waals surface area contributed by atoms with Crippen molar-refractivity contribution in [2.24, 2.45) is 12.8 Å². The molecule has 2 N–H and O–H groups in total. The summed E-state index contributed by atoms with van der Waals surface area (Å²) in [4.78, 5) is 10.6. The molecule has 0 saturated carbocycles. The van der Waals surface area contributed by atoms with Crippen LogP contribution >= 0.6 is 0 Å². The number of rotatable bonds is 1. The first-order valence-electron chi connectivity index (χ1n) is 2.91. The highest BCUT2D eigenvalue weighted by Gasteiger charge is 2.07. The lowest BCUT2D eigenvalue weighted by molar-refractivity contribution is 0.431. The molecule has 56 valence electrons. The minimum atomic E-state index is -0.479. The summed E-state index contributed by atoms with van der Waals surface area (Å²) in [6.07, 6.45) is 0. The first-order chi connectivity index (χ1) is 4.61. The summed E-state index contributed by atoms with van der Waals surface area (Å²) in [6, 6.07) is -0.325. The highest BCUT2D eigenvalue weighted by atomic mass is 16.4. The first kappa shape index (κ1) is 7.01. The molecule has 0 amide bonds. The van der Waals surface area contributed by atoms with Crippen LogP contribution in [-0.2, 0) is 7.05 Å². The highest BCUT2D eigenvalue weighted by molar-refractivity contribution is 4.80. The van der Waals surface area contributed by atoms with Gasteiger partial charge in [-0.2, -0.15) is 4.68 Å². The number of nitrogens with zero attached hydrogens (tertiary/aromatic N) is 2. The minimum absolute atomic E-state index is 0.271. The second-order valence-electron chi connectivity index (χ2n) is 2.12. The molecule has 0 unspecified atom stereocenters. The zero-order valence-corrected chi connectivity index (χ0v) is 5.87. The second kappa shape index (κ2) is 2.26. The standard InChI is InChI=1S/C5H9N3O2/c1-3(6)4-7-8(2)5(9)10-4/h3H,6H2,1-2H3/t3-/m0/s1. The molecule has 0 spiro atoms. The van der Waals surface area contributed by atoms with Crippen LogP contribution in [0.2, 0.25) is 0 Å². The van der Waals surface area contributed by atoms with Gasteiger partial charge in [0.25, 0.3) is 0 Å². The Labute approximate surface area is 57.4 Å². The average molecular weight is 143 g/mol. The van der Waals surface area contributed by atoms with Crippen molar-refractivity contribution < 1.29 is 4.42 Å². The maximum atomic E-state index is 10.6. The van der Waals surface area contributed by atoms with Gasteiger partial charge in [-0.1, -0.05) is 0 Å². The van der Waals surface area contributed by atoms with Crippen LogP contribution in [0.3, 0.4) is 0 Å². The fourth-order valence-electron chi connectivity index (χ4n) is 0.549. The molecule has 0 aliphatic rings. The lowest BCUT2D eigenvalue weighted by Gasteiger charge is -1.92. The van der Waals surface area contributed by atoms with Crippen molar-refractivity contribution in [2.45, 2.75) is 13.0 Å². The Morgan fingerprint density at radius 2 is 2.40 bits per heavy atom. The van der Waals surface area contributed by atoms with Gasteiger partial charge in [0.1, 0.15) is 0 Å². The van der Waals surface area contributed by atoms with Crippen molar-refractivity contribution in [1.82, 2.24) is 9.78 Å². The van der Waals surface area contributed by atoms with E-state index < -0.39 is 5.76 Å². The van der Waals surface area contributed by atoms with Crippen LogP contribution in [-0.4, -0.2) is 9.78 Å². The van der Waals surface area contributed by atoms with E-state index in [4.69, 9.17) is 5.73 Å². The lowest BCUT2D eigenvalue weighted by Crippen LogP contribution is -2.10. The average Bonchev–Trinajstić information content (AvgIpc) is 2.13. The van der Waals surface area contributed by atoms with E-state index >= 15 is 0 Å². The summed E-state index contributed by atoms with van der Waals surface area (Å²) in [5, 5.41) is 3.72. The smallest absolute Gasteiger partial charge is 0.391 e. The first-order valence-corrected chi connectivity index (χ1v) is 2.91. The predicted octanol–water partition coefficient (Wildman–Crippen LogP) is -0.607. The molecule has 1 heterocycles. The van der Waals surface area contributed by atoms with Crippen LogP contribution in [0.5, 0.6) is 0 Å². The van der Waals surface area contributed by atoms with Gasteiger partial charge >= 0.3 is 5.76 Å². The summed E-state index contributed by atoms with van der Waals surface area (Å²) in [5.74, 6) is -0.209. The monoisotopic (exact) mass is 143 g/mol. The van der Waals surface area contributed by atoms with E-state index in [2.05, 4.69) is 9.52 Å². The molecule has 0 aromatic carbocycles. The Bertz CT molecular complexity index is 273.